The number of aromatic amines is 1. The Balaban J connectivity index is 0.959. The molecular formula is C42H31N5O2. The van der Waals surface area contributed by atoms with Crippen LogP contribution in [0.15, 0.2) is 162 Å². The van der Waals surface area contributed by atoms with Crippen LogP contribution >= 0.6 is 0 Å². The first-order chi connectivity index (χ1) is 24.1. The van der Waals surface area contributed by atoms with Crippen molar-refractivity contribution >= 4 is 52.2 Å². The number of rotatable bonds is 10. The zero-order valence-electron chi connectivity index (χ0n) is 26.5. The van der Waals surface area contributed by atoms with E-state index in [1.807, 2.05) is 146 Å². The van der Waals surface area contributed by atoms with Gasteiger partial charge in [0, 0.05) is 41.2 Å². The van der Waals surface area contributed by atoms with Crippen LogP contribution in [0.4, 0.5) is 17.1 Å². The number of carbonyl (C=O) groups is 2. The summed E-state index contributed by atoms with van der Waals surface area (Å²) in [6.45, 7) is 0. The second-order valence-electron chi connectivity index (χ2n) is 11.5. The third-order valence-electron chi connectivity index (χ3n) is 7.97. The summed E-state index contributed by atoms with van der Waals surface area (Å²) in [6, 6.07) is 47.6. The predicted molar refractivity (Wildman–Crippen MR) is 198 cm³/mol. The van der Waals surface area contributed by atoms with E-state index < -0.39 is 0 Å². The number of Topliss-reactive ketones (excluding diaryl/α,β-unsaturated/α-hetero) is 1. The van der Waals surface area contributed by atoms with E-state index in [0.717, 1.165) is 44.7 Å². The maximum atomic E-state index is 13.1. The molecule has 0 atom stereocenters. The van der Waals surface area contributed by atoms with Crippen LogP contribution < -0.4 is 5.32 Å². The molecule has 7 heteroatoms. The van der Waals surface area contributed by atoms with Crippen LogP contribution in [0.2, 0.25) is 0 Å². The van der Waals surface area contributed by atoms with Gasteiger partial charge in [-0.15, -0.1) is 0 Å². The summed E-state index contributed by atoms with van der Waals surface area (Å²) < 4.78 is 0. The number of nitrogens with one attached hydrogen (secondary N) is 2. The Morgan fingerprint density at radius 3 is 1.80 bits per heavy atom. The third kappa shape index (κ3) is 7.81. The number of benzene rings is 6. The van der Waals surface area contributed by atoms with Crippen molar-refractivity contribution < 1.29 is 9.59 Å². The molecule has 6 aromatic carbocycles. The predicted octanol–water partition coefficient (Wildman–Crippen LogP) is 9.41. The third-order valence-corrected chi connectivity index (χ3v) is 7.97. The van der Waals surface area contributed by atoms with E-state index in [1.54, 1.807) is 18.3 Å². The molecular weight excluding hydrogens is 606 g/mol. The normalized spacial score (nSPS) is 11.3. The van der Waals surface area contributed by atoms with Crippen LogP contribution in [0.1, 0.15) is 37.4 Å². The number of carbonyl (C=O) groups excluding carboxylic acids is 2. The minimum Gasteiger partial charge on any atom is -0.338 e. The van der Waals surface area contributed by atoms with Crippen LogP contribution in [0, 0.1) is 0 Å². The van der Waals surface area contributed by atoms with Crippen molar-refractivity contribution in [1.82, 2.24) is 9.97 Å². The molecule has 1 aromatic heterocycles. The second kappa shape index (κ2) is 14.4. The van der Waals surface area contributed by atoms with Crippen molar-refractivity contribution in [3.05, 3.63) is 179 Å². The molecule has 0 aliphatic heterocycles. The molecule has 49 heavy (non-hydrogen) atoms. The van der Waals surface area contributed by atoms with Crippen LogP contribution in [-0.2, 0) is 6.42 Å². The molecule has 7 rings (SSSR count). The molecule has 0 bridgehead atoms. The molecule has 236 valence electrons. The molecule has 7 aromatic rings. The standard InChI is InChI=1S/C42H31N5O2/c48-40(32-12-18-35(19-13-32)43-27-29-7-3-1-4-8-29)26-31-11-24-38-39(25-31)47-41(46-38)33-14-22-37(23-15-33)45-42(49)34-16-20-36(21-17-34)44-28-30-9-5-2-6-10-30/h1-25,27-28H,26H2,(H,45,49)(H,46,47). The Kier molecular flexibility index (Phi) is 9.05. The highest BCUT2D eigenvalue weighted by molar-refractivity contribution is 6.04. The molecule has 2 N–H and O–H groups in total. The average Bonchev–Trinajstić information content (AvgIpc) is 3.58. The minimum absolute atomic E-state index is 0.0304. The number of H-pyrrole nitrogens is 1. The number of hydrogen-bond donors (Lipinski definition) is 2. The average molecular weight is 638 g/mol. The van der Waals surface area contributed by atoms with E-state index in [2.05, 4.69) is 20.3 Å². The lowest BCUT2D eigenvalue weighted by atomic mass is 10.0. The number of nitrogens with zero attached hydrogens (tertiary/aromatic N) is 3. The fourth-order valence-electron chi connectivity index (χ4n) is 5.31. The molecule has 1 amide bonds. The van der Waals surface area contributed by atoms with E-state index in [4.69, 9.17) is 4.98 Å². The number of aliphatic imine (C=N–C) groups is 2. The van der Waals surface area contributed by atoms with Crippen LogP contribution in [0.25, 0.3) is 22.4 Å². The topological polar surface area (TPSA) is 99.6 Å². The van der Waals surface area contributed by atoms with Crippen LogP contribution in [0.3, 0.4) is 0 Å². The highest BCUT2D eigenvalue weighted by atomic mass is 16.1. The fraction of sp³-hybridized carbons (Fsp3) is 0.0238. The Morgan fingerprint density at radius 2 is 1.20 bits per heavy atom. The van der Waals surface area contributed by atoms with Crippen molar-refractivity contribution in [2.45, 2.75) is 6.42 Å². The fourth-order valence-corrected chi connectivity index (χ4v) is 5.31. The van der Waals surface area contributed by atoms with Gasteiger partial charge >= 0.3 is 0 Å². The van der Waals surface area contributed by atoms with Crippen molar-refractivity contribution in [2.24, 2.45) is 9.98 Å². The number of hydrogen-bond acceptors (Lipinski definition) is 5. The molecule has 0 aliphatic rings. The Labute approximate surface area is 283 Å². The van der Waals surface area contributed by atoms with Gasteiger partial charge in [0.2, 0.25) is 0 Å². The zero-order chi connectivity index (χ0) is 33.4. The van der Waals surface area contributed by atoms with Crippen LogP contribution in [0.5, 0.6) is 0 Å². The molecule has 0 aliphatic carbocycles. The SMILES string of the molecule is O=C(Cc1ccc2nc(-c3ccc(NC(=O)c4ccc(N=Cc5ccccc5)cc4)cc3)[nH]c2c1)c1ccc(N=Cc2ccccc2)cc1. The smallest absolute Gasteiger partial charge is 0.255 e. The molecule has 1 heterocycles. The van der Waals surface area contributed by atoms with Gasteiger partial charge in [-0.3, -0.25) is 19.6 Å². The first-order valence-corrected chi connectivity index (χ1v) is 15.9. The van der Waals surface area contributed by atoms with Gasteiger partial charge in [0.15, 0.2) is 5.78 Å². The summed E-state index contributed by atoms with van der Waals surface area (Å²) in [7, 11) is 0. The summed E-state index contributed by atoms with van der Waals surface area (Å²) in [4.78, 5) is 43.0. The van der Waals surface area contributed by atoms with E-state index in [1.165, 1.54) is 0 Å². The van der Waals surface area contributed by atoms with Gasteiger partial charge in [-0.1, -0.05) is 66.7 Å². The van der Waals surface area contributed by atoms with Gasteiger partial charge in [-0.05, 0) is 102 Å². The maximum Gasteiger partial charge on any atom is 0.255 e. The molecule has 0 saturated carbocycles. The molecule has 7 nitrogen and oxygen atoms in total. The zero-order valence-corrected chi connectivity index (χ0v) is 26.5. The van der Waals surface area contributed by atoms with Gasteiger partial charge in [0.25, 0.3) is 5.91 Å². The molecule has 0 fully saturated rings. The molecule has 0 unspecified atom stereocenters. The first kappa shape index (κ1) is 30.9. The minimum atomic E-state index is -0.204. The van der Waals surface area contributed by atoms with Gasteiger partial charge in [-0.25, -0.2) is 4.98 Å². The van der Waals surface area contributed by atoms with E-state index in [0.29, 0.717) is 22.6 Å². The van der Waals surface area contributed by atoms with Gasteiger partial charge in [-0.2, -0.15) is 0 Å². The summed E-state index contributed by atoms with van der Waals surface area (Å²) >= 11 is 0. The van der Waals surface area contributed by atoms with E-state index >= 15 is 0 Å². The number of fused-ring (bicyclic) bond motifs is 1. The molecule has 0 spiro atoms. The van der Waals surface area contributed by atoms with Gasteiger partial charge in [0.05, 0.1) is 22.4 Å². The van der Waals surface area contributed by atoms with Crippen molar-refractivity contribution in [2.75, 3.05) is 5.32 Å². The summed E-state index contributed by atoms with van der Waals surface area (Å²) in [6.07, 6.45) is 3.88. The number of aromatic nitrogens is 2. The first-order valence-electron chi connectivity index (χ1n) is 15.9. The molecule has 0 saturated heterocycles. The van der Waals surface area contributed by atoms with Crippen molar-refractivity contribution in [3.63, 3.8) is 0 Å². The summed E-state index contributed by atoms with van der Waals surface area (Å²) in [5.41, 5.74) is 8.87. The number of imidazole rings is 1. The Bertz CT molecular complexity index is 2270. The van der Waals surface area contributed by atoms with E-state index in [9.17, 15) is 9.59 Å². The van der Waals surface area contributed by atoms with Gasteiger partial charge < -0.3 is 10.3 Å². The second-order valence-corrected chi connectivity index (χ2v) is 11.5. The number of ketones is 1. The Morgan fingerprint density at radius 1 is 0.633 bits per heavy atom. The maximum absolute atomic E-state index is 13.1. The van der Waals surface area contributed by atoms with Gasteiger partial charge in [0.1, 0.15) is 5.82 Å². The molecule has 0 radical (unpaired) electrons. The lowest BCUT2D eigenvalue weighted by Gasteiger charge is -2.06. The monoisotopic (exact) mass is 637 g/mol. The van der Waals surface area contributed by atoms with Crippen molar-refractivity contribution in [1.29, 1.82) is 0 Å². The van der Waals surface area contributed by atoms with E-state index in [-0.39, 0.29) is 18.1 Å². The van der Waals surface area contributed by atoms with Crippen molar-refractivity contribution in [3.8, 4) is 11.4 Å². The lowest BCUT2D eigenvalue weighted by Crippen LogP contribution is -2.11. The summed E-state index contributed by atoms with van der Waals surface area (Å²) in [5.74, 6) is 0.530. The quantitative estimate of drug-likeness (QED) is 0.115. The number of anilines is 1. The van der Waals surface area contributed by atoms with Crippen LogP contribution in [-0.4, -0.2) is 34.1 Å². The lowest BCUT2D eigenvalue weighted by molar-refractivity contribution is 0.0991. The Hall–Kier alpha value is -6.73. The highest BCUT2D eigenvalue weighted by Crippen LogP contribution is 2.24. The highest BCUT2D eigenvalue weighted by Gasteiger charge is 2.11. The largest absolute Gasteiger partial charge is 0.338 e. The number of amides is 1. The summed E-state index contributed by atoms with van der Waals surface area (Å²) in [5, 5.41) is 2.95.